The summed E-state index contributed by atoms with van der Waals surface area (Å²) in [4.78, 5) is 8.25. The van der Waals surface area contributed by atoms with Crippen molar-refractivity contribution in [3.05, 3.63) is 0 Å². The highest BCUT2D eigenvalue weighted by molar-refractivity contribution is 4.08. The molecule has 0 aliphatic heterocycles. The predicted octanol–water partition coefficient (Wildman–Crippen LogP) is -1.08. The molecule has 6 heavy (non-hydrogen) atoms. The molecular formula is C3H7O3-. The first-order valence-corrected chi connectivity index (χ1v) is 1.65. The van der Waals surface area contributed by atoms with Crippen LogP contribution in [0.25, 0.3) is 0 Å². The molecule has 0 amide bonds. The Morgan fingerprint density at radius 1 is 1.67 bits per heavy atom. The van der Waals surface area contributed by atoms with Crippen LogP contribution in [0.5, 0.6) is 0 Å². The third kappa shape index (κ3) is 3.88. The second kappa shape index (κ2) is 4.88. The number of hydrogen-bond acceptors (Lipinski definition) is 3. The zero-order valence-electron chi connectivity index (χ0n) is 3.64. The first-order chi connectivity index (χ1) is 2.91. The summed E-state index contributed by atoms with van der Waals surface area (Å²) < 4.78 is 0. The third-order valence-corrected chi connectivity index (χ3v) is 0.285. The van der Waals surface area contributed by atoms with Crippen LogP contribution in [0.4, 0.5) is 0 Å². The van der Waals surface area contributed by atoms with Crippen molar-refractivity contribution in [2.45, 2.75) is 0 Å². The molecule has 0 radical (unpaired) electrons. The summed E-state index contributed by atoms with van der Waals surface area (Å²) in [5.74, 6) is 0. The molecule has 0 aliphatic carbocycles. The van der Waals surface area contributed by atoms with E-state index >= 15 is 0 Å². The molecule has 0 aromatic heterocycles. The van der Waals surface area contributed by atoms with Crippen LogP contribution in [0.3, 0.4) is 0 Å². The van der Waals surface area contributed by atoms with Crippen molar-refractivity contribution in [2.24, 2.45) is 0 Å². The fraction of sp³-hybridized carbons (Fsp3) is 1.00. The first-order valence-electron chi connectivity index (χ1n) is 1.65. The molecule has 0 unspecified atom stereocenters. The number of rotatable bonds is 3. The Balaban J connectivity index is 2.34. The smallest absolute Gasteiger partial charge is 0.0712 e. The Morgan fingerprint density at radius 3 is 2.50 bits per heavy atom. The average molecular weight is 91.1 g/mol. The zero-order chi connectivity index (χ0) is 4.83. The summed E-state index contributed by atoms with van der Waals surface area (Å²) in [5, 5.41) is 9.48. The Bertz CT molecular complexity index is 18.0. The summed E-state index contributed by atoms with van der Waals surface area (Å²) >= 11 is 0. The van der Waals surface area contributed by atoms with Crippen LogP contribution in [-0.2, 0) is 9.78 Å². The molecule has 0 aliphatic rings. The maximum atomic E-state index is 9.48. The van der Waals surface area contributed by atoms with E-state index in [0.717, 1.165) is 0 Å². The van der Waals surface area contributed by atoms with Gasteiger partial charge in [-0.25, -0.2) is 9.78 Å². The van der Waals surface area contributed by atoms with Gasteiger partial charge in [0.1, 0.15) is 0 Å². The van der Waals surface area contributed by atoms with Gasteiger partial charge in [-0.05, 0) is 0 Å². The van der Waals surface area contributed by atoms with Gasteiger partial charge in [0.05, 0.1) is 13.7 Å². The summed E-state index contributed by atoms with van der Waals surface area (Å²) in [6.07, 6.45) is 0. The summed E-state index contributed by atoms with van der Waals surface area (Å²) in [6, 6.07) is 0. The first kappa shape index (κ1) is 5.88. The van der Waals surface area contributed by atoms with E-state index in [-0.39, 0.29) is 13.2 Å². The fourth-order valence-corrected chi connectivity index (χ4v) is 0.117. The molecule has 0 saturated carbocycles. The molecule has 0 aromatic carbocycles. The molecular weight excluding hydrogens is 84.0 g/mol. The van der Waals surface area contributed by atoms with E-state index in [4.69, 9.17) is 0 Å². The monoisotopic (exact) mass is 91.0 g/mol. The molecule has 0 heterocycles. The molecule has 38 valence electrons. The fourth-order valence-electron chi connectivity index (χ4n) is 0.117. The van der Waals surface area contributed by atoms with Crippen molar-refractivity contribution in [3.8, 4) is 0 Å². The van der Waals surface area contributed by atoms with Crippen LogP contribution in [0.2, 0.25) is 0 Å². The molecule has 0 aromatic rings. The highest BCUT2D eigenvalue weighted by Crippen LogP contribution is 1.64. The SMILES string of the molecule is COOCC[O-]. The topological polar surface area (TPSA) is 41.5 Å². The van der Waals surface area contributed by atoms with Gasteiger partial charge in [0.25, 0.3) is 0 Å². The van der Waals surface area contributed by atoms with Crippen molar-refractivity contribution < 1.29 is 14.9 Å². The van der Waals surface area contributed by atoms with E-state index in [1.165, 1.54) is 7.11 Å². The molecule has 3 nitrogen and oxygen atoms in total. The summed E-state index contributed by atoms with van der Waals surface area (Å²) in [7, 11) is 1.37. The maximum absolute atomic E-state index is 9.48. The lowest BCUT2D eigenvalue weighted by Gasteiger charge is -1.99. The van der Waals surface area contributed by atoms with Gasteiger partial charge in [-0.2, -0.15) is 0 Å². The van der Waals surface area contributed by atoms with Gasteiger partial charge in [0.15, 0.2) is 0 Å². The van der Waals surface area contributed by atoms with Gasteiger partial charge in [0, 0.05) is 0 Å². The lowest BCUT2D eigenvalue weighted by atomic mass is 10.8. The second-order valence-corrected chi connectivity index (χ2v) is 0.693. The van der Waals surface area contributed by atoms with Crippen molar-refractivity contribution in [3.63, 3.8) is 0 Å². The van der Waals surface area contributed by atoms with E-state index in [9.17, 15) is 5.11 Å². The van der Waals surface area contributed by atoms with E-state index in [1.807, 2.05) is 0 Å². The van der Waals surface area contributed by atoms with Crippen LogP contribution in [-0.4, -0.2) is 20.3 Å². The zero-order valence-corrected chi connectivity index (χ0v) is 3.64. The van der Waals surface area contributed by atoms with E-state index in [1.54, 1.807) is 0 Å². The lowest BCUT2D eigenvalue weighted by Crippen LogP contribution is -2.12. The number of hydrogen-bond donors (Lipinski definition) is 0. The van der Waals surface area contributed by atoms with E-state index < -0.39 is 0 Å². The minimum absolute atomic E-state index is 0.135. The van der Waals surface area contributed by atoms with Gasteiger partial charge in [0.2, 0.25) is 0 Å². The molecule has 0 saturated heterocycles. The van der Waals surface area contributed by atoms with Crippen molar-refractivity contribution in [1.29, 1.82) is 0 Å². The minimum atomic E-state index is -0.242. The van der Waals surface area contributed by atoms with Crippen molar-refractivity contribution >= 4 is 0 Å². The van der Waals surface area contributed by atoms with Gasteiger partial charge in [-0.3, -0.25) is 0 Å². The van der Waals surface area contributed by atoms with Crippen LogP contribution in [0.15, 0.2) is 0 Å². The Morgan fingerprint density at radius 2 is 2.33 bits per heavy atom. The highest BCUT2D eigenvalue weighted by Gasteiger charge is 1.67. The standard InChI is InChI=1S/C3H7O3/c1-5-6-3-2-4/h2-3H2,1H3/q-1. The van der Waals surface area contributed by atoms with Gasteiger partial charge in [-0.15, -0.1) is 6.61 Å². The van der Waals surface area contributed by atoms with Crippen molar-refractivity contribution in [1.82, 2.24) is 0 Å². The molecule has 3 heteroatoms. The molecule has 0 N–H and O–H groups in total. The lowest BCUT2D eigenvalue weighted by molar-refractivity contribution is -0.398. The normalized spacial score (nSPS) is 9.00. The van der Waals surface area contributed by atoms with Crippen LogP contribution < -0.4 is 5.11 Å². The van der Waals surface area contributed by atoms with E-state index in [2.05, 4.69) is 9.78 Å². The third-order valence-electron chi connectivity index (χ3n) is 0.285. The van der Waals surface area contributed by atoms with Crippen LogP contribution in [0.1, 0.15) is 0 Å². The van der Waals surface area contributed by atoms with E-state index in [0.29, 0.717) is 0 Å². The van der Waals surface area contributed by atoms with Crippen molar-refractivity contribution in [2.75, 3.05) is 20.3 Å². The largest absolute Gasteiger partial charge is 0.853 e. The molecule has 0 bridgehead atoms. The quantitative estimate of drug-likeness (QED) is 0.252. The molecule has 0 atom stereocenters. The van der Waals surface area contributed by atoms with Crippen LogP contribution >= 0.6 is 0 Å². The predicted molar refractivity (Wildman–Crippen MR) is 17.8 cm³/mol. The average Bonchev–Trinajstić information content (AvgIpc) is 1.61. The van der Waals surface area contributed by atoms with Crippen LogP contribution in [0, 0.1) is 0 Å². The van der Waals surface area contributed by atoms with Gasteiger partial charge in [-0.1, -0.05) is 0 Å². The van der Waals surface area contributed by atoms with Gasteiger partial charge < -0.3 is 5.11 Å². The Hall–Kier alpha value is -0.120. The molecule has 0 rings (SSSR count). The van der Waals surface area contributed by atoms with Gasteiger partial charge >= 0.3 is 0 Å². The summed E-state index contributed by atoms with van der Waals surface area (Å²) in [6.45, 7) is -0.107. The highest BCUT2D eigenvalue weighted by atomic mass is 17.2. The summed E-state index contributed by atoms with van der Waals surface area (Å²) in [5.41, 5.74) is 0. The Labute approximate surface area is 36.4 Å². The maximum Gasteiger partial charge on any atom is 0.0712 e. The second-order valence-electron chi connectivity index (χ2n) is 0.693. The molecule has 0 spiro atoms. The molecule has 0 fully saturated rings. The minimum Gasteiger partial charge on any atom is -0.853 e. The Kier molecular flexibility index (Phi) is 4.78.